The van der Waals surface area contributed by atoms with Gasteiger partial charge in [-0.25, -0.2) is 4.98 Å². The van der Waals surface area contributed by atoms with Crippen molar-refractivity contribution in [3.05, 3.63) is 71.2 Å². The van der Waals surface area contributed by atoms with E-state index >= 15 is 0 Å². The van der Waals surface area contributed by atoms with E-state index in [2.05, 4.69) is 78.9 Å². The Morgan fingerprint density at radius 3 is 2.04 bits per heavy atom. The summed E-state index contributed by atoms with van der Waals surface area (Å²) < 4.78 is 2.43. The third kappa shape index (κ3) is 2.97. The number of hydrogen-bond acceptors (Lipinski definition) is 2. The second-order valence-corrected chi connectivity index (χ2v) is 7.69. The second kappa shape index (κ2) is 7.46. The predicted molar refractivity (Wildman–Crippen MR) is 112 cm³/mol. The summed E-state index contributed by atoms with van der Waals surface area (Å²) in [6, 6.07) is 21.4. The molecule has 0 aliphatic carbocycles. The lowest BCUT2D eigenvalue weighted by molar-refractivity contribution is 0.869. The number of nitrogens with zero attached hydrogens (tertiary/aromatic N) is 2. The highest BCUT2D eigenvalue weighted by molar-refractivity contribution is 7.17. The fraction of sp³-hybridized carbons (Fsp3) is 0.261. The van der Waals surface area contributed by atoms with E-state index in [0.29, 0.717) is 0 Å². The lowest BCUT2D eigenvalue weighted by Gasteiger charge is -2.09. The van der Waals surface area contributed by atoms with E-state index in [-0.39, 0.29) is 0 Å². The number of aromatic nitrogens is 2. The molecule has 0 unspecified atom stereocenters. The summed E-state index contributed by atoms with van der Waals surface area (Å²) in [4.78, 5) is 7.63. The molecule has 0 amide bonds. The molecule has 4 aromatic rings. The summed E-state index contributed by atoms with van der Waals surface area (Å²) in [5.41, 5.74) is 6.31. The van der Waals surface area contributed by atoms with Gasteiger partial charge in [0.25, 0.3) is 0 Å². The van der Waals surface area contributed by atoms with Gasteiger partial charge >= 0.3 is 0 Å². The normalized spacial score (nSPS) is 11.3. The highest BCUT2D eigenvalue weighted by atomic mass is 32.1. The molecule has 2 heterocycles. The first-order valence-corrected chi connectivity index (χ1v) is 10.3. The minimum absolute atomic E-state index is 1.04. The Hall–Kier alpha value is -2.39. The van der Waals surface area contributed by atoms with Crippen molar-refractivity contribution in [1.82, 2.24) is 9.38 Å². The molecule has 2 nitrogen and oxygen atoms in total. The van der Waals surface area contributed by atoms with Gasteiger partial charge in [-0.2, -0.15) is 0 Å². The second-order valence-electron chi connectivity index (χ2n) is 6.63. The smallest absolute Gasteiger partial charge is 0.195 e. The zero-order valence-electron chi connectivity index (χ0n) is 15.4. The van der Waals surface area contributed by atoms with Crippen LogP contribution in [0.5, 0.6) is 0 Å². The van der Waals surface area contributed by atoms with Crippen LogP contribution in [0.1, 0.15) is 37.3 Å². The van der Waals surface area contributed by atoms with Crippen LogP contribution in [0.15, 0.2) is 60.7 Å². The minimum Gasteiger partial charge on any atom is -0.286 e. The van der Waals surface area contributed by atoms with Crippen molar-refractivity contribution in [2.24, 2.45) is 0 Å². The lowest BCUT2D eigenvalue weighted by Crippen LogP contribution is -1.98. The first kappa shape index (κ1) is 17.0. The molecule has 0 bridgehead atoms. The SMILES string of the molecule is CCCc1sc2nc(-c3ccccc3)c(CCC)n2c1-c1ccccc1. The number of imidazole rings is 1. The number of thiazole rings is 1. The van der Waals surface area contributed by atoms with Crippen LogP contribution in [0.3, 0.4) is 0 Å². The van der Waals surface area contributed by atoms with Crippen molar-refractivity contribution in [3.8, 4) is 22.5 Å². The van der Waals surface area contributed by atoms with Crippen LogP contribution in [0.2, 0.25) is 0 Å². The van der Waals surface area contributed by atoms with Gasteiger partial charge < -0.3 is 0 Å². The maximum atomic E-state index is 5.07. The molecular formula is C23H24N2S. The van der Waals surface area contributed by atoms with Crippen LogP contribution < -0.4 is 0 Å². The third-order valence-corrected chi connectivity index (χ3v) is 5.80. The zero-order chi connectivity index (χ0) is 17.9. The molecule has 0 fully saturated rings. The summed E-state index contributed by atoms with van der Waals surface area (Å²) >= 11 is 1.85. The van der Waals surface area contributed by atoms with Crippen LogP contribution >= 0.6 is 11.3 Å². The summed E-state index contributed by atoms with van der Waals surface area (Å²) in [6.45, 7) is 4.50. The lowest BCUT2D eigenvalue weighted by atomic mass is 10.1. The largest absolute Gasteiger partial charge is 0.286 e. The molecule has 26 heavy (non-hydrogen) atoms. The topological polar surface area (TPSA) is 17.3 Å². The first-order chi connectivity index (χ1) is 12.8. The van der Waals surface area contributed by atoms with Gasteiger partial charge in [-0.15, -0.1) is 11.3 Å². The van der Waals surface area contributed by atoms with E-state index in [4.69, 9.17) is 4.98 Å². The molecule has 2 aromatic carbocycles. The van der Waals surface area contributed by atoms with E-state index in [1.807, 2.05) is 11.3 Å². The highest BCUT2D eigenvalue weighted by Crippen LogP contribution is 2.37. The summed E-state index contributed by atoms with van der Waals surface area (Å²) in [5, 5.41) is 0. The van der Waals surface area contributed by atoms with Gasteiger partial charge in [0.15, 0.2) is 4.96 Å². The van der Waals surface area contributed by atoms with Crippen molar-refractivity contribution in [2.75, 3.05) is 0 Å². The summed E-state index contributed by atoms with van der Waals surface area (Å²) in [7, 11) is 0. The Balaban J connectivity index is 2.01. The van der Waals surface area contributed by atoms with Crippen LogP contribution in [0, 0.1) is 0 Å². The summed E-state index contributed by atoms with van der Waals surface area (Å²) in [6.07, 6.45) is 4.40. The quantitative estimate of drug-likeness (QED) is 0.377. The van der Waals surface area contributed by atoms with E-state index in [1.165, 1.54) is 27.4 Å². The van der Waals surface area contributed by atoms with Gasteiger partial charge in [0.2, 0.25) is 0 Å². The predicted octanol–water partition coefficient (Wildman–Crippen LogP) is 6.63. The Kier molecular flexibility index (Phi) is 4.89. The standard InChI is InChI=1S/C23H24N2S/c1-3-11-19-21(17-13-7-5-8-14-17)24-23-25(19)22(20(26-23)12-4-2)18-15-9-6-10-16-18/h5-10,13-16H,3-4,11-12H2,1-2H3. The number of benzene rings is 2. The third-order valence-electron chi connectivity index (χ3n) is 4.70. The maximum Gasteiger partial charge on any atom is 0.195 e. The Morgan fingerprint density at radius 1 is 0.808 bits per heavy atom. The van der Waals surface area contributed by atoms with Crippen LogP contribution in [-0.2, 0) is 12.8 Å². The fourth-order valence-corrected chi connectivity index (χ4v) is 4.85. The Labute approximate surface area is 159 Å². The molecule has 3 heteroatoms. The average Bonchev–Trinajstić information content (AvgIpc) is 3.20. The molecule has 132 valence electrons. The van der Waals surface area contributed by atoms with Crippen LogP contribution in [0.25, 0.3) is 27.5 Å². The van der Waals surface area contributed by atoms with E-state index < -0.39 is 0 Å². The monoisotopic (exact) mass is 360 g/mol. The molecule has 0 aliphatic heterocycles. The number of fused-ring (bicyclic) bond motifs is 1. The van der Waals surface area contributed by atoms with Gasteiger partial charge in [0.05, 0.1) is 17.1 Å². The van der Waals surface area contributed by atoms with Crippen molar-refractivity contribution in [2.45, 2.75) is 39.5 Å². The molecule has 0 saturated heterocycles. The molecule has 0 radical (unpaired) electrons. The van der Waals surface area contributed by atoms with Gasteiger partial charge in [-0.3, -0.25) is 4.40 Å². The molecule has 0 saturated carbocycles. The molecular weight excluding hydrogens is 336 g/mol. The number of rotatable bonds is 6. The fourth-order valence-electron chi connectivity index (χ4n) is 3.59. The Morgan fingerprint density at radius 2 is 1.42 bits per heavy atom. The minimum atomic E-state index is 1.04. The van der Waals surface area contributed by atoms with Crippen LogP contribution in [-0.4, -0.2) is 9.38 Å². The maximum absolute atomic E-state index is 5.07. The first-order valence-electron chi connectivity index (χ1n) is 9.47. The van der Waals surface area contributed by atoms with Gasteiger partial charge in [-0.1, -0.05) is 87.4 Å². The number of aryl methyl sites for hydroxylation is 2. The van der Waals surface area contributed by atoms with Gasteiger partial charge in [0, 0.05) is 10.4 Å². The van der Waals surface area contributed by atoms with E-state index in [9.17, 15) is 0 Å². The molecule has 0 spiro atoms. The molecule has 2 aromatic heterocycles. The van der Waals surface area contributed by atoms with Gasteiger partial charge in [-0.05, 0) is 18.4 Å². The Bertz CT molecular complexity index is 997. The molecule has 0 atom stereocenters. The van der Waals surface area contributed by atoms with E-state index in [1.54, 1.807) is 0 Å². The molecule has 0 N–H and O–H groups in total. The van der Waals surface area contributed by atoms with E-state index in [0.717, 1.165) is 36.3 Å². The van der Waals surface area contributed by atoms with Crippen LogP contribution in [0.4, 0.5) is 0 Å². The highest BCUT2D eigenvalue weighted by Gasteiger charge is 2.21. The van der Waals surface area contributed by atoms with Gasteiger partial charge in [0.1, 0.15) is 0 Å². The van der Waals surface area contributed by atoms with Crippen molar-refractivity contribution in [1.29, 1.82) is 0 Å². The molecule has 0 aliphatic rings. The van der Waals surface area contributed by atoms with Crippen molar-refractivity contribution in [3.63, 3.8) is 0 Å². The summed E-state index contributed by atoms with van der Waals surface area (Å²) in [5.74, 6) is 0. The molecule has 4 rings (SSSR count). The average molecular weight is 361 g/mol. The van der Waals surface area contributed by atoms with Crippen molar-refractivity contribution < 1.29 is 0 Å². The van der Waals surface area contributed by atoms with Crippen molar-refractivity contribution >= 4 is 16.3 Å². The zero-order valence-corrected chi connectivity index (χ0v) is 16.2. The number of hydrogen-bond donors (Lipinski definition) is 0.